The number of amides is 1. The first kappa shape index (κ1) is 24.9. The highest BCUT2D eigenvalue weighted by Crippen LogP contribution is 2.37. The minimum absolute atomic E-state index is 0.119. The molecule has 1 amide bonds. The van der Waals surface area contributed by atoms with Crippen molar-refractivity contribution in [2.45, 2.75) is 55.5 Å². The SMILES string of the molecule is COc1ccc(-c2nnc(SC(C)C(=O)Nc3ccc(OC)c(OC)c3)n2C2CCCCC2)cc1. The number of rotatable bonds is 9. The molecule has 0 spiro atoms. The summed E-state index contributed by atoms with van der Waals surface area (Å²) in [6.45, 7) is 1.88. The van der Waals surface area contributed by atoms with Crippen molar-refractivity contribution in [1.82, 2.24) is 14.8 Å². The molecule has 0 aliphatic heterocycles. The number of nitrogens with one attached hydrogen (secondary N) is 1. The molecule has 1 aliphatic rings. The predicted molar refractivity (Wildman–Crippen MR) is 138 cm³/mol. The average Bonchev–Trinajstić information content (AvgIpc) is 3.32. The van der Waals surface area contributed by atoms with Crippen molar-refractivity contribution in [2.75, 3.05) is 26.6 Å². The fourth-order valence-corrected chi connectivity index (χ4v) is 5.25. The minimum atomic E-state index is -0.377. The molecule has 1 aliphatic carbocycles. The minimum Gasteiger partial charge on any atom is -0.497 e. The second kappa shape index (κ2) is 11.5. The van der Waals surface area contributed by atoms with E-state index in [2.05, 4.69) is 20.1 Å². The van der Waals surface area contributed by atoms with Crippen molar-refractivity contribution < 1.29 is 19.0 Å². The number of ether oxygens (including phenoxy) is 3. The summed E-state index contributed by atoms with van der Waals surface area (Å²) in [4.78, 5) is 13.0. The quantitative estimate of drug-likeness (QED) is 0.386. The van der Waals surface area contributed by atoms with Crippen LogP contribution in [-0.2, 0) is 4.79 Å². The highest BCUT2D eigenvalue weighted by Gasteiger charge is 2.26. The summed E-state index contributed by atoms with van der Waals surface area (Å²) in [5.74, 6) is 2.68. The maximum atomic E-state index is 13.0. The molecule has 1 saturated carbocycles. The lowest BCUT2D eigenvalue weighted by molar-refractivity contribution is -0.115. The number of carbonyl (C=O) groups is 1. The number of hydrogen-bond donors (Lipinski definition) is 1. The van der Waals surface area contributed by atoms with Gasteiger partial charge in [-0.1, -0.05) is 31.0 Å². The van der Waals surface area contributed by atoms with Gasteiger partial charge >= 0.3 is 0 Å². The molecular weight excluding hydrogens is 464 g/mol. The van der Waals surface area contributed by atoms with Gasteiger partial charge in [-0.25, -0.2) is 0 Å². The first-order valence-electron chi connectivity index (χ1n) is 11.8. The number of methoxy groups -OCH3 is 3. The molecule has 1 unspecified atom stereocenters. The number of anilines is 1. The van der Waals surface area contributed by atoms with Crippen LogP contribution in [0.4, 0.5) is 5.69 Å². The zero-order valence-corrected chi connectivity index (χ0v) is 21.4. The highest BCUT2D eigenvalue weighted by molar-refractivity contribution is 8.00. The molecule has 0 saturated heterocycles. The zero-order chi connectivity index (χ0) is 24.8. The molecule has 1 aromatic heterocycles. The third-order valence-electron chi connectivity index (χ3n) is 6.26. The van der Waals surface area contributed by atoms with Gasteiger partial charge in [0, 0.05) is 23.4 Å². The van der Waals surface area contributed by atoms with E-state index in [-0.39, 0.29) is 11.2 Å². The molecule has 0 bridgehead atoms. The average molecular weight is 497 g/mol. The van der Waals surface area contributed by atoms with Gasteiger partial charge in [-0.3, -0.25) is 9.36 Å². The Morgan fingerprint density at radius 3 is 2.34 bits per heavy atom. The summed E-state index contributed by atoms with van der Waals surface area (Å²) < 4.78 is 18.2. The van der Waals surface area contributed by atoms with Crippen LogP contribution in [0.5, 0.6) is 17.2 Å². The summed E-state index contributed by atoms with van der Waals surface area (Å²) >= 11 is 1.43. The lowest BCUT2D eigenvalue weighted by Gasteiger charge is -2.26. The number of thioether (sulfide) groups is 1. The van der Waals surface area contributed by atoms with E-state index in [1.54, 1.807) is 39.5 Å². The molecule has 35 heavy (non-hydrogen) atoms. The molecule has 3 aromatic rings. The Kier molecular flexibility index (Phi) is 8.17. The lowest BCUT2D eigenvalue weighted by atomic mass is 9.95. The number of hydrogen-bond acceptors (Lipinski definition) is 7. The van der Waals surface area contributed by atoms with Crippen LogP contribution in [0, 0.1) is 0 Å². The Morgan fingerprint density at radius 2 is 1.69 bits per heavy atom. The molecule has 2 aromatic carbocycles. The van der Waals surface area contributed by atoms with Crippen molar-refractivity contribution in [1.29, 1.82) is 0 Å². The Balaban J connectivity index is 1.55. The fourth-order valence-electron chi connectivity index (χ4n) is 4.33. The Morgan fingerprint density at radius 1 is 0.971 bits per heavy atom. The molecule has 1 atom stereocenters. The molecule has 8 nitrogen and oxygen atoms in total. The van der Waals surface area contributed by atoms with Gasteiger partial charge in [0.15, 0.2) is 22.5 Å². The molecule has 1 N–H and O–H groups in total. The van der Waals surface area contributed by atoms with Crippen LogP contribution < -0.4 is 19.5 Å². The van der Waals surface area contributed by atoms with Gasteiger partial charge in [-0.05, 0) is 56.2 Å². The van der Waals surface area contributed by atoms with Crippen LogP contribution in [0.2, 0.25) is 0 Å². The summed E-state index contributed by atoms with van der Waals surface area (Å²) in [5.41, 5.74) is 1.63. The van der Waals surface area contributed by atoms with E-state index >= 15 is 0 Å². The maximum absolute atomic E-state index is 13.0. The van der Waals surface area contributed by atoms with E-state index < -0.39 is 0 Å². The van der Waals surface area contributed by atoms with Crippen LogP contribution >= 0.6 is 11.8 Å². The molecule has 0 radical (unpaired) electrons. The Hall–Kier alpha value is -3.20. The van der Waals surface area contributed by atoms with Crippen molar-refractivity contribution in [3.8, 4) is 28.6 Å². The second-order valence-electron chi connectivity index (χ2n) is 8.52. The van der Waals surface area contributed by atoms with Gasteiger partial charge in [0.1, 0.15) is 5.75 Å². The first-order chi connectivity index (χ1) is 17.0. The molecule has 9 heteroatoms. The topological polar surface area (TPSA) is 87.5 Å². The summed E-state index contributed by atoms with van der Waals surface area (Å²) in [5, 5.41) is 12.4. The monoisotopic (exact) mass is 496 g/mol. The van der Waals surface area contributed by atoms with Crippen LogP contribution in [0.15, 0.2) is 47.6 Å². The summed E-state index contributed by atoms with van der Waals surface area (Å²) in [6.07, 6.45) is 5.79. The van der Waals surface area contributed by atoms with E-state index in [0.29, 0.717) is 23.2 Å². The number of carbonyl (C=O) groups excluding carboxylic acids is 1. The molecular formula is C26H32N4O4S. The molecule has 186 valence electrons. The van der Waals surface area contributed by atoms with Crippen LogP contribution in [0.3, 0.4) is 0 Å². The largest absolute Gasteiger partial charge is 0.497 e. The van der Waals surface area contributed by atoms with Gasteiger partial charge < -0.3 is 19.5 Å². The van der Waals surface area contributed by atoms with Crippen molar-refractivity contribution >= 4 is 23.4 Å². The third-order valence-corrected chi connectivity index (χ3v) is 7.31. The number of nitrogens with zero attached hydrogens (tertiary/aromatic N) is 3. The Bertz CT molecular complexity index is 1140. The lowest BCUT2D eigenvalue weighted by Crippen LogP contribution is -2.23. The molecule has 1 heterocycles. The van der Waals surface area contributed by atoms with Crippen molar-refractivity contribution in [3.05, 3.63) is 42.5 Å². The number of aromatic nitrogens is 3. The van der Waals surface area contributed by atoms with Crippen LogP contribution in [0.25, 0.3) is 11.4 Å². The van der Waals surface area contributed by atoms with E-state index in [4.69, 9.17) is 14.2 Å². The van der Waals surface area contributed by atoms with Gasteiger partial charge in [0.05, 0.1) is 26.6 Å². The van der Waals surface area contributed by atoms with E-state index in [9.17, 15) is 4.79 Å². The van der Waals surface area contributed by atoms with E-state index in [1.807, 2.05) is 31.2 Å². The third kappa shape index (κ3) is 5.73. The number of benzene rings is 2. The van der Waals surface area contributed by atoms with Crippen molar-refractivity contribution in [2.24, 2.45) is 0 Å². The maximum Gasteiger partial charge on any atom is 0.237 e. The van der Waals surface area contributed by atoms with Gasteiger partial charge in [0.2, 0.25) is 5.91 Å². The van der Waals surface area contributed by atoms with E-state index in [0.717, 1.165) is 35.1 Å². The zero-order valence-electron chi connectivity index (χ0n) is 20.6. The standard InChI is InChI=1S/C26H32N4O4S/c1-17(25(31)27-19-12-15-22(33-3)23(16-19)34-4)35-26-29-28-24(18-10-13-21(32-2)14-11-18)30(26)20-8-6-5-7-9-20/h10-17,20H,5-9H2,1-4H3,(H,27,31). The summed E-state index contributed by atoms with van der Waals surface area (Å²) in [6, 6.07) is 13.5. The highest BCUT2D eigenvalue weighted by atomic mass is 32.2. The smallest absolute Gasteiger partial charge is 0.237 e. The van der Waals surface area contributed by atoms with E-state index in [1.165, 1.54) is 31.0 Å². The van der Waals surface area contributed by atoms with Gasteiger partial charge in [-0.15, -0.1) is 10.2 Å². The second-order valence-corrected chi connectivity index (χ2v) is 9.82. The van der Waals surface area contributed by atoms with Gasteiger partial charge in [0.25, 0.3) is 0 Å². The fraction of sp³-hybridized carbons (Fsp3) is 0.423. The van der Waals surface area contributed by atoms with Crippen LogP contribution in [-0.4, -0.2) is 47.3 Å². The predicted octanol–water partition coefficient (Wildman–Crippen LogP) is 5.60. The first-order valence-corrected chi connectivity index (χ1v) is 12.7. The van der Waals surface area contributed by atoms with Crippen LogP contribution in [0.1, 0.15) is 45.1 Å². The normalized spacial score (nSPS) is 14.9. The summed E-state index contributed by atoms with van der Waals surface area (Å²) in [7, 11) is 4.81. The Labute approximate surface area is 210 Å². The van der Waals surface area contributed by atoms with Gasteiger partial charge in [-0.2, -0.15) is 0 Å². The molecule has 4 rings (SSSR count). The van der Waals surface area contributed by atoms with Crippen molar-refractivity contribution in [3.63, 3.8) is 0 Å². The molecule has 1 fully saturated rings.